The Kier molecular flexibility index (Phi) is 6.44. The third-order valence-corrected chi connectivity index (χ3v) is 4.38. The van der Waals surface area contributed by atoms with E-state index in [1.807, 2.05) is 12.1 Å². The molecule has 1 aliphatic rings. The van der Waals surface area contributed by atoms with Crippen molar-refractivity contribution in [1.82, 2.24) is 5.32 Å². The van der Waals surface area contributed by atoms with Gasteiger partial charge in [0.05, 0.1) is 12.2 Å². The SMILES string of the molecule is CCOC(=O)c1ccccc1NC(C(=O)NC)C1CCCCC1. The van der Waals surface area contributed by atoms with Crippen LogP contribution in [0.4, 0.5) is 5.69 Å². The van der Waals surface area contributed by atoms with Crippen LogP contribution in [0.3, 0.4) is 0 Å². The minimum Gasteiger partial charge on any atom is -0.462 e. The molecule has 1 aliphatic carbocycles. The first kappa shape index (κ1) is 17.3. The van der Waals surface area contributed by atoms with Gasteiger partial charge in [-0.25, -0.2) is 4.79 Å². The van der Waals surface area contributed by atoms with Crippen LogP contribution in [0.1, 0.15) is 49.4 Å². The average molecular weight is 318 g/mol. The lowest BCUT2D eigenvalue weighted by atomic mass is 9.83. The number of carbonyl (C=O) groups is 2. The first-order valence-electron chi connectivity index (χ1n) is 8.41. The molecule has 0 heterocycles. The Morgan fingerprint density at radius 2 is 1.91 bits per heavy atom. The quantitative estimate of drug-likeness (QED) is 0.791. The van der Waals surface area contributed by atoms with Crippen LogP contribution in [0.2, 0.25) is 0 Å². The van der Waals surface area contributed by atoms with Crippen LogP contribution in [-0.4, -0.2) is 31.6 Å². The number of anilines is 1. The molecule has 1 saturated carbocycles. The van der Waals surface area contributed by atoms with Crippen molar-refractivity contribution in [2.24, 2.45) is 5.92 Å². The molecule has 1 aromatic rings. The summed E-state index contributed by atoms with van der Waals surface area (Å²) in [5.74, 6) is -0.107. The van der Waals surface area contributed by atoms with Crippen molar-refractivity contribution in [1.29, 1.82) is 0 Å². The van der Waals surface area contributed by atoms with Crippen LogP contribution in [0, 0.1) is 5.92 Å². The van der Waals surface area contributed by atoms with Gasteiger partial charge in [-0.3, -0.25) is 4.79 Å². The summed E-state index contributed by atoms with van der Waals surface area (Å²) in [5, 5.41) is 6.03. The van der Waals surface area contributed by atoms with Crippen molar-refractivity contribution in [3.8, 4) is 0 Å². The summed E-state index contributed by atoms with van der Waals surface area (Å²) in [5.41, 5.74) is 1.13. The van der Waals surface area contributed by atoms with Gasteiger partial charge in [0.2, 0.25) is 5.91 Å². The second-order valence-corrected chi connectivity index (χ2v) is 5.90. The molecule has 23 heavy (non-hydrogen) atoms. The number of amides is 1. The topological polar surface area (TPSA) is 67.4 Å². The van der Waals surface area contributed by atoms with E-state index in [2.05, 4.69) is 10.6 Å². The summed E-state index contributed by atoms with van der Waals surface area (Å²) in [6.45, 7) is 2.11. The molecule has 1 unspecified atom stereocenters. The Morgan fingerprint density at radius 3 is 2.57 bits per heavy atom. The van der Waals surface area contributed by atoms with E-state index in [-0.39, 0.29) is 17.9 Å². The highest BCUT2D eigenvalue weighted by Gasteiger charge is 2.29. The van der Waals surface area contributed by atoms with E-state index in [1.165, 1.54) is 6.42 Å². The number of hydrogen-bond acceptors (Lipinski definition) is 4. The fourth-order valence-corrected chi connectivity index (χ4v) is 3.18. The molecule has 5 heteroatoms. The van der Waals surface area contributed by atoms with Crippen LogP contribution in [-0.2, 0) is 9.53 Å². The smallest absolute Gasteiger partial charge is 0.340 e. The molecule has 0 bridgehead atoms. The van der Waals surface area contributed by atoms with Crippen molar-refractivity contribution in [3.63, 3.8) is 0 Å². The molecule has 2 rings (SSSR count). The molecule has 5 nitrogen and oxygen atoms in total. The lowest BCUT2D eigenvalue weighted by molar-refractivity contribution is -0.122. The van der Waals surface area contributed by atoms with Crippen molar-refractivity contribution in [3.05, 3.63) is 29.8 Å². The van der Waals surface area contributed by atoms with Gasteiger partial charge in [0.1, 0.15) is 6.04 Å². The van der Waals surface area contributed by atoms with Gasteiger partial charge in [-0.2, -0.15) is 0 Å². The molecule has 0 aromatic heterocycles. The van der Waals surface area contributed by atoms with Gasteiger partial charge in [-0.05, 0) is 37.8 Å². The third kappa shape index (κ3) is 4.47. The van der Waals surface area contributed by atoms with E-state index in [4.69, 9.17) is 4.74 Å². The molecule has 126 valence electrons. The second-order valence-electron chi connectivity index (χ2n) is 5.90. The maximum Gasteiger partial charge on any atom is 0.340 e. The third-order valence-electron chi connectivity index (χ3n) is 4.38. The molecule has 0 radical (unpaired) electrons. The van der Waals surface area contributed by atoms with E-state index in [0.717, 1.165) is 25.7 Å². The summed E-state index contributed by atoms with van der Waals surface area (Å²) in [7, 11) is 1.65. The van der Waals surface area contributed by atoms with E-state index in [9.17, 15) is 9.59 Å². The first-order valence-corrected chi connectivity index (χ1v) is 8.41. The highest BCUT2D eigenvalue weighted by atomic mass is 16.5. The Balaban J connectivity index is 2.22. The van der Waals surface area contributed by atoms with Crippen LogP contribution < -0.4 is 10.6 Å². The zero-order chi connectivity index (χ0) is 16.7. The summed E-state index contributed by atoms with van der Waals surface area (Å²) in [4.78, 5) is 24.4. The molecule has 0 spiro atoms. The summed E-state index contributed by atoms with van der Waals surface area (Å²) in [6, 6.07) is 6.88. The standard InChI is InChI=1S/C18H26N2O3/c1-3-23-18(22)14-11-7-8-12-15(14)20-16(17(21)19-2)13-9-5-4-6-10-13/h7-8,11-13,16,20H,3-6,9-10H2,1-2H3,(H,19,21). The Bertz CT molecular complexity index is 539. The van der Waals surface area contributed by atoms with Crippen molar-refractivity contribution < 1.29 is 14.3 Å². The number of benzene rings is 1. The van der Waals surface area contributed by atoms with Gasteiger partial charge in [0.15, 0.2) is 0 Å². The van der Waals surface area contributed by atoms with E-state index < -0.39 is 0 Å². The van der Waals surface area contributed by atoms with Crippen molar-refractivity contribution in [2.45, 2.75) is 45.1 Å². The minimum absolute atomic E-state index is 0.0319. The fraction of sp³-hybridized carbons (Fsp3) is 0.556. The van der Waals surface area contributed by atoms with E-state index >= 15 is 0 Å². The van der Waals surface area contributed by atoms with Crippen molar-refractivity contribution in [2.75, 3.05) is 19.0 Å². The van der Waals surface area contributed by atoms with Crippen LogP contribution in [0.5, 0.6) is 0 Å². The van der Waals surface area contributed by atoms with Gasteiger partial charge in [0, 0.05) is 12.7 Å². The van der Waals surface area contributed by atoms with Gasteiger partial charge >= 0.3 is 5.97 Å². The molecule has 2 N–H and O–H groups in total. The highest BCUT2D eigenvalue weighted by molar-refractivity contribution is 5.96. The summed E-state index contributed by atoms with van der Waals surface area (Å²) >= 11 is 0. The second kappa shape index (κ2) is 8.56. The molecule has 0 saturated heterocycles. The summed E-state index contributed by atoms with van der Waals surface area (Å²) < 4.78 is 5.10. The number of carbonyl (C=O) groups excluding carboxylic acids is 2. The molecule has 1 fully saturated rings. The average Bonchev–Trinajstić information content (AvgIpc) is 2.60. The predicted octanol–water partition coefficient (Wildman–Crippen LogP) is 2.97. The fourth-order valence-electron chi connectivity index (χ4n) is 3.18. The predicted molar refractivity (Wildman–Crippen MR) is 90.5 cm³/mol. The van der Waals surface area contributed by atoms with Crippen LogP contribution >= 0.6 is 0 Å². The molecule has 1 aromatic carbocycles. The molecule has 0 aliphatic heterocycles. The number of rotatable bonds is 6. The van der Waals surface area contributed by atoms with Crippen molar-refractivity contribution >= 4 is 17.6 Å². The van der Waals surface area contributed by atoms with Crippen LogP contribution in [0.15, 0.2) is 24.3 Å². The monoisotopic (exact) mass is 318 g/mol. The molecular weight excluding hydrogens is 292 g/mol. The zero-order valence-electron chi connectivity index (χ0n) is 13.9. The normalized spacial score (nSPS) is 16.4. The Hall–Kier alpha value is -2.04. The number of likely N-dealkylation sites (N-methyl/N-ethyl adjacent to an activating group) is 1. The molecule has 1 atom stereocenters. The number of nitrogens with one attached hydrogen (secondary N) is 2. The largest absolute Gasteiger partial charge is 0.462 e. The number of hydrogen-bond donors (Lipinski definition) is 2. The molecular formula is C18H26N2O3. The van der Waals surface area contributed by atoms with E-state index in [1.54, 1.807) is 26.1 Å². The van der Waals surface area contributed by atoms with E-state index in [0.29, 0.717) is 23.8 Å². The lowest BCUT2D eigenvalue weighted by Crippen LogP contribution is -2.44. The Morgan fingerprint density at radius 1 is 1.22 bits per heavy atom. The number of esters is 1. The Labute approximate surface area is 137 Å². The highest BCUT2D eigenvalue weighted by Crippen LogP contribution is 2.29. The maximum atomic E-state index is 12.3. The molecule has 1 amide bonds. The number of ether oxygens (including phenoxy) is 1. The van der Waals surface area contributed by atoms with Gasteiger partial charge < -0.3 is 15.4 Å². The lowest BCUT2D eigenvalue weighted by Gasteiger charge is -2.30. The van der Waals surface area contributed by atoms with Gasteiger partial charge in [-0.15, -0.1) is 0 Å². The minimum atomic E-state index is -0.366. The van der Waals surface area contributed by atoms with Gasteiger partial charge in [-0.1, -0.05) is 31.4 Å². The number of para-hydroxylation sites is 1. The van der Waals surface area contributed by atoms with Crippen LogP contribution in [0.25, 0.3) is 0 Å². The zero-order valence-corrected chi connectivity index (χ0v) is 13.9. The maximum absolute atomic E-state index is 12.3. The summed E-state index contributed by atoms with van der Waals surface area (Å²) in [6.07, 6.45) is 5.61. The van der Waals surface area contributed by atoms with Gasteiger partial charge in [0.25, 0.3) is 0 Å². The first-order chi connectivity index (χ1) is 11.2.